The summed E-state index contributed by atoms with van der Waals surface area (Å²) in [5, 5.41) is 9.63. The molecule has 1 fully saturated rings. The van der Waals surface area contributed by atoms with Crippen LogP contribution in [0.1, 0.15) is 0 Å². The molecule has 2 heterocycles. The monoisotopic (exact) mass is 305 g/mol. The van der Waals surface area contributed by atoms with E-state index in [4.69, 9.17) is 9.84 Å². The second-order valence-corrected chi connectivity index (χ2v) is 5.65. The Kier molecular flexibility index (Phi) is 3.27. The summed E-state index contributed by atoms with van der Waals surface area (Å²) in [5.41, 5.74) is 0. The van der Waals surface area contributed by atoms with Gasteiger partial charge in [-0.2, -0.15) is 0 Å². The molecule has 0 radical (unpaired) electrons. The SMILES string of the molecule is O=C(O)C1COCC(=O)N1c1ccc(Br)s1. The fraction of sp³-hybridized carbons (Fsp3) is 0.333. The van der Waals surface area contributed by atoms with E-state index >= 15 is 0 Å². The second kappa shape index (κ2) is 4.52. The Morgan fingerprint density at radius 1 is 1.62 bits per heavy atom. The quantitative estimate of drug-likeness (QED) is 0.895. The van der Waals surface area contributed by atoms with Crippen LogP contribution >= 0.6 is 27.3 Å². The standard InChI is InChI=1S/C9H8BrNO4S/c10-6-1-2-8(16-6)11-5(9(13)14)3-15-4-7(11)12/h1-2,5H,3-4H2,(H,13,14). The van der Waals surface area contributed by atoms with Gasteiger partial charge in [0.1, 0.15) is 6.61 Å². The first-order valence-corrected chi connectivity index (χ1v) is 6.08. The smallest absolute Gasteiger partial charge is 0.329 e. The van der Waals surface area contributed by atoms with Crippen LogP contribution in [0, 0.1) is 0 Å². The summed E-state index contributed by atoms with van der Waals surface area (Å²) in [4.78, 5) is 23.9. The van der Waals surface area contributed by atoms with E-state index < -0.39 is 12.0 Å². The molecule has 5 nitrogen and oxygen atoms in total. The highest BCUT2D eigenvalue weighted by Gasteiger charge is 2.35. The molecular formula is C9H8BrNO4S. The molecule has 1 unspecified atom stereocenters. The minimum Gasteiger partial charge on any atom is -0.480 e. The molecule has 1 atom stereocenters. The van der Waals surface area contributed by atoms with Gasteiger partial charge in [-0.05, 0) is 28.1 Å². The van der Waals surface area contributed by atoms with Crippen LogP contribution in [-0.2, 0) is 14.3 Å². The second-order valence-electron chi connectivity index (χ2n) is 3.21. The lowest BCUT2D eigenvalue weighted by atomic mass is 10.2. The number of halogens is 1. The fourth-order valence-corrected chi connectivity index (χ4v) is 2.90. The average molecular weight is 306 g/mol. The number of hydrogen-bond donors (Lipinski definition) is 1. The number of thiophene rings is 1. The number of anilines is 1. The molecule has 1 saturated heterocycles. The highest BCUT2D eigenvalue weighted by atomic mass is 79.9. The van der Waals surface area contributed by atoms with Crippen molar-refractivity contribution in [3.05, 3.63) is 15.9 Å². The molecule has 16 heavy (non-hydrogen) atoms. The summed E-state index contributed by atoms with van der Waals surface area (Å²) in [7, 11) is 0. The molecule has 86 valence electrons. The maximum absolute atomic E-state index is 11.6. The van der Waals surface area contributed by atoms with Crippen molar-refractivity contribution < 1.29 is 19.4 Å². The van der Waals surface area contributed by atoms with Crippen molar-refractivity contribution in [2.24, 2.45) is 0 Å². The fourth-order valence-electron chi connectivity index (χ4n) is 1.47. The van der Waals surface area contributed by atoms with Gasteiger partial charge in [0.2, 0.25) is 0 Å². The average Bonchev–Trinajstić information content (AvgIpc) is 2.64. The zero-order valence-electron chi connectivity index (χ0n) is 8.05. The molecule has 0 spiro atoms. The Morgan fingerprint density at radius 2 is 2.38 bits per heavy atom. The number of amides is 1. The van der Waals surface area contributed by atoms with E-state index in [9.17, 15) is 9.59 Å². The number of carboxylic acids is 1. The van der Waals surface area contributed by atoms with Crippen molar-refractivity contribution in [2.75, 3.05) is 18.1 Å². The van der Waals surface area contributed by atoms with Gasteiger partial charge < -0.3 is 9.84 Å². The van der Waals surface area contributed by atoms with Crippen LogP contribution in [0.25, 0.3) is 0 Å². The number of aliphatic carboxylic acids is 1. The Labute approximate surface area is 104 Å². The minimum absolute atomic E-state index is 0.0244. The van der Waals surface area contributed by atoms with Gasteiger partial charge in [-0.1, -0.05) is 0 Å². The van der Waals surface area contributed by atoms with Gasteiger partial charge in [-0.3, -0.25) is 9.69 Å². The van der Waals surface area contributed by atoms with E-state index in [-0.39, 0.29) is 19.1 Å². The lowest BCUT2D eigenvalue weighted by molar-refractivity contribution is -0.145. The van der Waals surface area contributed by atoms with E-state index in [0.717, 1.165) is 3.79 Å². The van der Waals surface area contributed by atoms with Crippen molar-refractivity contribution in [1.82, 2.24) is 0 Å². The van der Waals surface area contributed by atoms with Crippen LogP contribution in [0.2, 0.25) is 0 Å². The normalized spacial score (nSPS) is 21.2. The molecule has 1 aliphatic heterocycles. The predicted octanol–water partition coefficient (Wildman–Crippen LogP) is 1.33. The lowest BCUT2D eigenvalue weighted by Gasteiger charge is -2.31. The first kappa shape index (κ1) is 11.6. The third-order valence-electron chi connectivity index (χ3n) is 2.16. The topological polar surface area (TPSA) is 66.8 Å². The van der Waals surface area contributed by atoms with Crippen molar-refractivity contribution in [1.29, 1.82) is 0 Å². The Morgan fingerprint density at radius 3 is 2.94 bits per heavy atom. The van der Waals surface area contributed by atoms with E-state index in [2.05, 4.69) is 15.9 Å². The van der Waals surface area contributed by atoms with Crippen molar-refractivity contribution in [3.63, 3.8) is 0 Å². The molecular weight excluding hydrogens is 298 g/mol. The van der Waals surface area contributed by atoms with Gasteiger partial charge in [0.15, 0.2) is 6.04 Å². The van der Waals surface area contributed by atoms with Crippen LogP contribution in [0.5, 0.6) is 0 Å². The lowest BCUT2D eigenvalue weighted by Crippen LogP contribution is -2.53. The number of nitrogens with zero attached hydrogens (tertiary/aromatic N) is 1. The van der Waals surface area contributed by atoms with Gasteiger partial charge in [-0.25, -0.2) is 4.79 Å². The molecule has 0 saturated carbocycles. The third kappa shape index (κ3) is 2.11. The van der Waals surface area contributed by atoms with Gasteiger partial charge >= 0.3 is 5.97 Å². The van der Waals surface area contributed by atoms with E-state index in [1.807, 2.05) is 0 Å². The summed E-state index contributed by atoms with van der Waals surface area (Å²) in [6.45, 7) is -0.0457. The number of ether oxygens (including phenoxy) is 1. The number of carbonyl (C=O) groups excluding carboxylic acids is 1. The molecule has 2 rings (SSSR count). The summed E-state index contributed by atoms with van der Waals surface area (Å²) in [6.07, 6.45) is 0. The van der Waals surface area contributed by atoms with Gasteiger partial charge in [0.25, 0.3) is 5.91 Å². The van der Waals surface area contributed by atoms with Gasteiger partial charge in [0, 0.05) is 0 Å². The molecule has 0 bridgehead atoms. The number of rotatable bonds is 2. The van der Waals surface area contributed by atoms with Crippen molar-refractivity contribution in [3.8, 4) is 0 Å². The van der Waals surface area contributed by atoms with Crippen LogP contribution in [0.3, 0.4) is 0 Å². The Bertz CT molecular complexity index is 433. The maximum Gasteiger partial charge on any atom is 0.329 e. The van der Waals surface area contributed by atoms with Crippen LogP contribution in [0.4, 0.5) is 5.00 Å². The molecule has 1 aromatic heterocycles. The highest BCUT2D eigenvalue weighted by molar-refractivity contribution is 9.11. The first-order valence-electron chi connectivity index (χ1n) is 4.47. The van der Waals surface area contributed by atoms with E-state index in [1.54, 1.807) is 12.1 Å². The first-order chi connectivity index (χ1) is 7.59. The Balaban J connectivity index is 2.33. The molecule has 1 amide bonds. The van der Waals surface area contributed by atoms with Crippen LogP contribution in [0.15, 0.2) is 15.9 Å². The molecule has 0 aliphatic carbocycles. The molecule has 1 N–H and O–H groups in total. The Hall–Kier alpha value is -0.920. The summed E-state index contributed by atoms with van der Waals surface area (Å²) < 4.78 is 5.79. The van der Waals surface area contributed by atoms with Gasteiger partial charge in [-0.15, -0.1) is 11.3 Å². The van der Waals surface area contributed by atoms with E-state index in [0.29, 0.717) is 5.00 Å². The number of morpholine rings is 1. The predicted molar refractivity (Wildman–Crippen MR) is 61.7 cm³/mol. The number of carboxylic acid groups (broad SMARTS) is 1. The maximum atomic E-state index is 11.6. The molecule has 1 aromatic rings. The summed E-state index contributed by atoms with van der Waals surface area (Å²) in [5.74, 6) is -1.38. The minimum atomic E-state index is -1.06. The van der Waals surface area contributed by atoms with E-state index in [1.165, 1.54) is 16.2 Å². The van der Waals surface area contributed by atoms with Crippen molar-refractivity contribution in [2.45, 2.75) is 6.04 Å². The summed E-state index contributed by atoms with van der Waals surface area (Å²) in [6, 6.07) is 2.56. The molecule has 0 aromatic carbocycles. The highest BCUT2D eigenvalue weighted by Crippen LogP contribution is 2.32. The number of hydrogen-bond acceptors (Lipinski definition) is 4. The van der Waals surface area contributed by atoms with Crippen molar-refractivity contribution >= 4 is 44.1 Å². The largest absolute Gasteiger partial charge is 0.480 e. The van der Waals surface area contributed by atoms with Crippen LogP contribution < -0.4 is 4.90 Å². The summed E-state index contributed by atoms with van der Waals surface area (Å²) >= 11 is 4.60. The van der Waals surface area contributed by atoms with Crippen LogP contribution in [-0.4, -0.2) is 36.2 Å². The zero-order valence-corrected chi connectivity index (χ0v) is 10.5. The third-order valence-corrected chi connectivity index (χ3v) is 3.79. The number of carbonyl (C=O) groups is 2. The van der Waals surface area contributed by atoms with Gasteiger partial charge in [0.05, 0.1) is 15.4 Å². The zero-order chi connectivity index (χ0) is 11.7. The molecule has 1 aliphatic rings. The molecule has 7 heteroatoms.